The van der Waals surface area contributed by atoms with E-state index in [2.05, 4.69) is 27.7 Å². The second-order valence-electron chi connectivity index (χ2n) is 4.97. The molecule has 0 aliphatic heterocycles. The van der Waals surface area contributed by atoms with Gasteiger partial charge in [0.2, 0.25) is 0 Å². The van der Waals surface area contributed by atoms with Crippen molar-refractivity contribution >= 4 is 0 Å². The quantitative estimate of drug-likeness (QED) is 0.651. The van der Waals surface area contributed by atoms with E-state index in [1.54, 1.807) is 0 Å². The van der Waals surface area contributed by atoms with Crippen LogP contribution < -0.4 is 0 Å². The third-order valence-corrected chi connectivity index (χ3v) is 3.13. The van der Waals surface area contributed by atoms with Crippen molar-refractivity contribution in [2.45, 2.75) is 65.6 Å². The Bertz CT molecular complexity index is 132. The van der Waals surface area contributed by atoms with Crippen LogP contribution in [0.2, 0.25) is 0 Å². The lowest BCUT2D eigenvalue weighted by Gasteiger charge is -2.31. The predicted octanol–water partition coefficient (Wildman–Crippen LogP) is 3.63. The summed E-state index contributed by atoms with van der Waals surface area (Å²) in [6.45, 7) is 8.95. The molecule has 1 nitrogen and oxygen atoms in total. The molecule has 0 amide bonds. The molecule has 0 N–H and O–H groups in total. The lowest BCUT2D eigenvalue weighted by Crippen LogP contribution is -2.26. The molecule has 1 heteroatoms. The van der Waals surface area contributed by atoms with Crippen LogP contribution in [0.15, 0.2) is 0 Å². The van der Waals surface area contributed by atoms with E-state index in [1.807, 2.05) is 0 Å². The number of rotatable bonds is 3. The van der Waals surface area contributed by atoms with Crippen LogP contribution in [0.1, 0.15) is 53.4 Å². The first-order valence-corrected chi connectivity index (χ1v) is 5.75. The first-order chi connectivity index (χ1) is 6.09. The first-order valence-electron chi connectivity index (χ1n) is 5.75. The first kappa shape index (κ1) is 11.0. The predicted molar refractivity (Wildman–Crippen MR) is 56.8 cm³/mol. The molecule has 0 aromatic heterocycles. The Morgan fingerprint density at radius 2 is 1.46 bits per heavy atom. The molecule has 1 saturated carbocycles. The second kappa shape index (κ2) is 4.99. The summed E-state index contributed by atoms with van der Waals surface area (Å²) >= 11 is 0. The van der Waals surface area contributed by atoms with Crippen LogP contribution in [-0.2, 0) is 4.74 Å². The van der Waals surface area contributed by atoms with Crippen LogP contribution in [0.4, 0.5) is 0 Å². The zero-order valence-corrected chi connectivity index (χ0v) is 9.55. The summed E-state index contributed by atoms with van der Waals surface area (Å²) in [6, 6.07) is 0. The fourth-order valence-corrected chi connectivity index (χ4v) is 2.28. The maximum Gasteiger partial charge on any atom is 0.0578 e. The highest BCUT2D eigenvalue weighted by Gasteiger charge is 2.23. The monoisotopic (exact) mass is 184 g/mol. The van der Waals surface area contributed by atoms with Gasteiger partial charge in [0.15, 0.2) is 0 Å². The van der Waals surface area contributed by atoms with E-state index in [0.29, 0.717) is 12.2 Å². The van der Waals surface area contributed by atoms with Crippen LogP contribution in [-0.4, -0.2) is 12.2 Å². The average molecular weight is 184 g/mol. The molecule has 0 unspecified atom stereocenters. The highest BCUT2D eigenvalue weighted by atomic mass is 16.5. The van der Waals surface area contributed by atoms with Gasteiger partial charge in [0, 0.05) is 0 Å². The van der Waals surface area contributed by atoms with Crippen molar-refractivity contribution in [3.63, 3.8) is 0 Å². The van der Waals surface area contributed by atoms with E-state index in [9.17, 15) is 0 Å². The van der Waals surface area contributed by atoms with E-state index in [-0.39, 0.29) is 0 Å². The maximum absolute atomic E-state index is 5.82. The minimum atomic E-state index is 0.403. The van der Waals surface area contributed by atoms with Gasteiger partial charge >= 0.3 is 0 Å². The summed E-state index contributed by atoms with van der Waals surface area (Å²) in [5, 5.41) is 0. The SMILES string of the molecule is CC(C)O[C@H]1CC[C@@H](C(C)C)CC1. The lowest BCUT2D eigenvalue weighted by atomic mass is 9.80. The van der Waals surface area contributed by atoms with Gasteiger partial charge < -0.3 is 4.74 Å². The van der Waals surface area contributed by atoms with E-state index in [1.165, 1.54) is 25.7 Å². The minimum Gasteiger partial charge on any atom is -0.376 e. The molecule has 0 saturated heterocycles. The smallest absolute Gasteiger partial charge is 0.0578 e. The Balaban J connectivity index is 2.22. The summed E-state index contributed by atoms with van der Waals surface area (Å²) in [6.07, 6.45) is 6.25. The van der Waals surface area contributed by atoms with Gasteiger partial charge in [-0.3, -0.25) is 0 Å². The van der Waals surface area contributed by atoms with E-state index in [4.69, 9.17) is 4.74 Å². The van der Waals surface area contributed by atoms with Gasteiger partial charge in [0.05, 0.1) is 12.2 Å². The van der Waals surface area contributed by atoms with Crippen molar-refractivity contribution < 1.29 is 4.74 Å². The molecule has 1 rings (SSSR count). The third-order valence-electron chi connectivity index (χ3n) is 3.13. The zero-order chi connectivity index (χ0) is 9.84. The van der Waals surface area contributed by atoms with Crippen LogP contribution in [0.5, 0.6) is 0 Å². The minimum absolute atomic E-state index is 0.403. The molecule has 13 heavy (non-hydrogen) atoms. The third kappa shape index (κ3) is 3.68. The van der Waals surface area contributed by atoms with Crippen molar-refractivity contribution in [3.8, 4) is 0 Å². The average Bonchev–Trinajstić information content (AvgIpc) is 2.04. The molecule has 1 fully saturated rings. The van der Waals surface area contributed by atoms with Crippen LogP contribution in [0.3, 0.4) is 0 Å². The van der Waals surface area contributed by atoms with Gasteiger partial charge in [-0.2, -0.15) is 0 Å². The van der Waals surface area contributed by atoms with E-state index < -0.39 is 0 Å². The molecule has 1 aliphatic rings. The summed E-state index contributed by atoms with van der Waals surface area (Å²) in [7, 11) is 0. The molecular weight excluding hydrogens is 160 g/mol. The Labute approximate surface area is 82.9 Å². The molecule has 0 radical (unpaired) electrons. The fourth-order valence-electron chi connectivity index (χ4n) is 2.28. The highest BCUT2D eigenvalue weighted by molar-refractivity contribution is 4.75. The summed E-state index contributed by atoms with van der Waals surface area (Å²) in [4.78, 5) is 0. The topological polar surface area (TPSA) is 9.23 Å². The van der Waals surface area contributed by atoms with Crippen molar-refractivity contribution in [1.82, 2.24) is 0 Å². The van der Waals surface area contributed by atoms with Crippen LogP contribution in [0.25, 0.3) is 0 Å². The van der Waals surface area contributed by atoms with Gasteiger partial charge in [-0.25, -0.2) is 0 Å². The fraction of sp³-hybridized carbons (Fsp3) is 1.00. The van der Waals surface area contributed by atoms with E-state index >= 15 is 0 Å². The maximum atomic E-state index is 5.82. The van der Waals surface area contributed by atoms with Gasteiger partial charge in [-0.1, -0.05) is 13.8 Å². The molecule has 0 spiro atoms. The van der Waals surface area contributed by atoms with Gasteiger partial charge in [0.1, 0.15) is 0 Å². The van der Waals surface area contributed by atoms with Crippen LogP contribution in [0, 0.1) is 11.8 Å². The molecule has 1 aliphatic carbocycles. The molecule has 0 aromatic rings. The molecule has 78 valence electrons. The molecule has 0 heterocycles. The Kier molecular flexibility index (Phi) is 4.24. The molecule has 0 aromatic carbocycles. The Hall–Kier alpha value is -0.0400. The molecule has 0 atom stereocenters. The summed E-state index contributed by atoms with van der Waals surface area (Å²) < 4.78 is 5.82. The van der Waals surface area contributed by atoms with Crippen LogP contribution >= 0.6 is 0 Å². The normalized spacial score (nSPS) is 30.0. The highest BCUT2D eigenvalue weighted by Crippen LogP contribution is 2.31. The Morgan fingerprint density at radius 3 is 1.85 bits per heavy atom. The number of ether oxygens (including phenoxy) is 1. The van der Waals surface area contributed by atoms with E-state index in [0.717, 1.165) is 11.8 Å². The Morgan fingerprint density at radius 1 is 0.923 bits per heavy atom. The number of hydrogen-bond donors (Lipinski definition) is 0. The van der Waals surface area contributed by atoms with Gasteiger partial charge in [-0.05, 0) is 51.4 Å². The number of hydrogen-bond acceptors (Lipinski definition) is 1. The standard InChI is InChI=1S/C12H24O/c1-9(2)11-5-7-12(8-6-11)13-10(3)4/h9-12H,5-8H2,1-4H3/t11-,12+. The van der Waals surface area contributed by atoms with Gasteiger partial charge in [-0.15, -0.1) is 0 Å². The van der Waals surface area contributed by atoms with Crippen molar-refractivity contribution in [2.24, 2.45) is 11.8 Å². The molecule has 0 bridgehead atoms. The van der Waals surface area contributed by atoms with Crippen molar-refractivity contribution in [3.05, 3.63) is 0 Å². The van der Waals surface area contributed by atoms with Crippen molar-refractivity contribution in [1.29, 1.82) is 0 Å². The molecular formula is C12H24O. The van der Waals surface area contributed by atoms with Crippen molar-refractivity contribution in [2.75, 3.05) is 0 Å². The second-order valence-corrected chi connectivity index (χ2v) is 4.97. The summed E-state index contributed by atoms with van der Waals surface area (Å²) in [5.74, 6) is 1.81. The lowest BCUT2D eigenvalue weighted by molar-refractivity contribution is -0.0230. The van der Waals surface area contributed by atoms with Gasteiger partial charge in [0.25, 0.3) is 0 Å². The largest absolute Gasteiger partial charge is 0.376 e. The summed E-state index contributed by atoms with van der Waals surface area (Å²) in [5.41, 5.74) is 0. The zero-order valence-electron chi connectivity index (χ0n) is 9.55.